The molecule has 2 rings (SSSR count). The highest BCUT2D eigenvalue weighted by atomic mass is 127. The van der Waals surface area contributed by atoms with Crippen LogP contribution in [0.5, 0.6) is 0 Å². The number of alkyl halides is 1. The molecule has 5 atom stereocenters. The molecule has 0 saturated carbocycles. The van der Waals surface area contributed by atoms with Gasteiger partial charge in [0.25, 0.3) is 29.5 Å². The van der Waals surface area contributed by atoms with Gasteiger partial charge in [-0.25, -0.2) is 0 Å². The van der Waals surface area contributed by atoms with Gasteiger partial charge in [-0.1, -0.05) is 0 Å². The first kappa shape index (κ1) is 52.5. The molecular formula is C31H36I6N6O14. The highest BCUT2D eigenvalue weighted by Crippen LogP contribution is 2.36. The molecule has 0 aliphatic rings. The van der Waals surface area contributed by atoms with Gasteiger partial charge in [0.1, 0.15) is 6.61 Å². The first-order chi connectivity index (χ1) is 26.8. The molecule has 20 nitrogen and oxygen atoms in total. The van der Waals surface area contributed by atoms with Crippen molar-refractivity contribution in [1.82, 2.24) is 21.3 Å². The van der Waals surface area contributed by atoms with E-state index in [0.717, 1.165) is 0 Å². The number of hydrogen-bond acceptors (Lipinski definition) is 14. The minimum atomic E-state index is -1.53. The fourth-order valence-electron chi connectivity index (χ4n) is 4.36. The zero-order chi connectivity index (χ0) is 43.3. The Balaban J connectivity index is 2.60. The van der Waals surface area contributed by atoms with E-state index in [2.05, 4.69) is 31.9 Å². The summed E-state index contributed by atoms with van der Waals surface area (Å²) in [7, 11) is 1.28. The van der Waals surface area contributed by atoms with Gasteiger partial charge in [-0.3, -0.25) is 28.8 Å². The Kier molecular flexibility index (Phi) is 23.3. The van der Waals surface area contributed by atoms with Crippen LogP contribution in [-0.2, 0) is 14.3 Å². The number of rotatable bonds is 20. The molecule has 13 N–H and O–H groups in total. The van der Waals surface area contributed by atoms with Gasteiger partial charge in [0.2, 0.25) is 5.91 Å². The quantitative estimate of drug-likeness (QED) is 0.0432. The second-order valence-electron chi connectivity index (χ2n) is 11.5. The molecule has 0 radical (unpaired) electrons. The second-order valence-corrected chi connectivity index (χ2v) is 18.1. The van der Waals surface area contributed by atoms with Crippen molar-refractivity contribution in [2.24, 2.45) is 0 Å². The molecule has 0 saturated heterocycles. The van der Waals surface area contributed by atoms with Gasteiger partial charge in [0, 0.05) is 23.8 Å². The highest BCUT2D eigenvalue weighted by molar-refractivity contribution is 14.1. The summed E-state index contributed by atoms with van der Waals surface area (Å²) in [6.45, 7) is -3.92. The van der Waals surface area contributed by atoms with E-state index in [4.69, 9.17) is 4.74 Å². The van der Waals surface area contributed by atoms with Crippen molar-refractivity contribution in [2.75, 3.05) is 63.9 Å². The molecular weight excluding hydrogens is 1440 g/mol. The number of aliphatic hydroxyl groups is 7. The van der Waals surface area contributed by atoms with E-state index in [9.17, 15) is 64.5 Å². The van der Waals surface area contributed by atoms with E-state index in [-0.39, 0.29) is 71.2 Å². The Morgan fingerprint density at radius 1 is 0.632 bits per heavy atom. The predicted octanol–water partition coefficient (Wildman–Crippen LogP) is -0.966. The first-order valence-electron chi connectivity index (χ1n) is 15.9. The Hall–Kier alpha value is -0.680. The van der Waals surface area contributed by atoms with Crippen LogP contribution < -0.4 is 31.9 Å². The van der Waals surface area contributed by atoms with E-state index < -0.39 is 90.3 Å². The minimum Gasteiger partial charge on any atom is -0.394 e. The molecule has 0 heterocycles. The number of aliphatic hydroxyl groups excluding tert-OH is 7. The summed E-state index contributed by atoms with van der Waals surface area (Å²) < 4.78 is 4.25. The summed E-state index contributed by atoms with van der Waals surface area (Å²) in [5.41, 5.74) is -0.519. The molecule has 0 aliphatic heterocycles. The lowest BCUT2D eigenvalue weighted by Crippen LogP contribution is -2.47. The fraction of sp³-hybridized carbons (Fsp3) is 0.419. The average molecular weight is 1480 g/mol. The number of benzene rings is 2. The number of halogens is 6. The van der Waals surface area contributed by atoms with Gasteiger partial charge in [-0.05, 0) is 142 Å². The molecule has 5 unspecified atom stereocenters. The van der Waals surface area contributed by atoms with Crippen molar-refractivity contribution < 1.29 is 69.2 Å². The van der Waals surface area contributed by atoms with Crippen LogP contribution in [0.1, 0.15) is 41.4 Å². The molecule has 0 fully saturated rings. The summed E-state index contributed by atoms with van der Waals surface area (Å²) in [5, 5.41) is 82.0. The van der Waals surface area contributed by atoms with Crippen LogP contribution in [0.4, 0.5) is 11.4 Å². The number of amides is 6. The summed E-state index contributed by atoms with van der Waals surface area (Å²) >= 11 is 10.4. The van der Waals surface area contributed by atoms with Crippen molar-refractivity contribution in [3.05, 3.63) is 46.2 Å². The number of methoxy groups -OCH3 is 1. The largest absolute Gasteiger partial charge is 0.394 e. The number of carbonyl (C=O) groups excluding carboxylic acids is 6. The molecule has 2 aromatic carbocycles. The molecule has 0 aromatic heterocycles. The average Bonchev–Trinajstić information content (AvgIpc) is 3.17. The van der Waals surface area contributed by atoms with Crippen LogP contribution in [-0.4, -0.2) is 153 Å². The van der Waals surface area contributed by atoms with Crippen LogP contribution in [0.15, 0.2) is 6.07 Å². The molecule has 57 heavy (non-hydrogen) atoms. The fourth-order valence-corrected chi connectivity index (χ4v) is 11.3. The van der Waals surface area contributed by atoms with E-state index >= 15 is 0 Å². The van der Waals surface area contributed by atoms with Crippen molar-refractivity contribution in [1.29, 1.82) is 0 Å². The van der Waals surface area contributed by atoms with E-state index in [1.165, 1.54) is 13.2 Å². The topological polar surface area (TPSA) is 325 Å². The predicted molar refractivity (Wildman–Crippen MR) is 253 cm³/mol. The number of carbonyl (C=O) groups is 6. The van der Waals surface area contributed by atoms with Crippen molar-refractivity contribution >= 4 is 182 Å². The van der Waals surface area contributed by atoms with E-state index in [0.29, 0.717) is 0 Å². The highest BCUT2D eigenvalue weighted by Gasteiger charge is 2.32. The van der Waals surface area contributed by atoms with Gasteiger partial charge in [-0.2, -0.15) is 0 Å². The molecule has 26 heteroatoms. The maximum atomic E-state index is 13.8. The number of nitrogens with one attached hydrogen (secondary N) is 6. The number of anilines is 2. The molecule has 2 aromatic rings. The first-order valence-corrected chi connectivity index (χ1v) is 22.6. The number of ether oxygens (including phenoxy) is 1. The summed E-state index contributed by atoms with van der Waals surface area (Å²) in [5.74, 6) is -4.81. The van der Waals surface area contributed by atoms with Gasteiger partial charge in [-0.15, -0.1) is 0 Å². The van der Waals surface area contributed by atoms with Gasteiger partial charge in [0.15, 0.2) is 4.05 Å². The SMILES string of the molecule is COCC(=O)Nc1c(I)c(C(=O)NC(I)C(=O)Nc2c(I)c(C(=O)NCC(O)CO)c(I)c(C(=O)NCC(O)CO)c2I)cc(C(=O)NC(CO)C(O)CO)c1I. The summed E-state index contributed by atoms with van der Waals surface area (Å²) in [6, 6.07) is -0.128. The lowest BCUT2D eigenvalue weighted by Gasteiger charge is -2.23. The Labute approximate surface area is 406 Å². The zero-order valence-corrected chi connectivity index (χ0v) is 42.1. The monoisotopic (exact) mass is 1480 g/mol. The van der Waals surface area contributed by atoms with E-state index in [1.807, 2.05) is 0 Å². The van der Waals surface area contributed by atoms with Crippen molar-refractivity contribution in [2.45, 2.75) is 28.4 Å². The second kappa shape index (κ2) is 25.3. The van der Waals surface area contributed by atoms with Crippen LogP contribution >= 0.6 is 136 Å². The molecule has 0 bridgehead atoms. The molecule has 316 valence electrons. The van der Waals surface area contributed by atoms with Gasteiger partial charge >= 0.3 is 0 Å². The standard InChI is InChI=1S/C31H36I6N6O14/c1-57-9-16(51)41-24-19(32)12(27(52)40-14(7-46)15(50)8-47)2-13(20(24)33)28(53)43-26(37)31(56)42-25-22(35)17(29(54)38-3-10(48)5-44)21(34)18(23(25)36)30(55)39-4-11(49)6-45/h2,10-11,14-15,26,44-50H,3-9H2,1H3,(H,38,54)(H,39,55)(H,40,52)(H,41,51)(H,42,56)(H,43,53). The van der Waals surface area contributed by atoms with Crippen LogP contribution in [0.25, 0.3) is 0 Å². The molecule has 0 aliphatic carbocycles. The smallest absolute Gasteiger partial charge is 0.257 e. The van der Waals surface area contributed by atoms with Gasteiger partial charge < -0.3 is 72.4 Å². The maximum Gasteiger partial charge on any atom is 0.257 e. The third-order valence-electron chi connectivity index (χ3n) is 7.32. The maximum absolute atomic E-state index is 13.8. The molecule has 0 spiro atoms. The van der Waals surface area contributed by atoms with Gasteiger partial charge in [0.05, 0.1) is 98.7 Å². The van der Waals surface area contributed by atoms with Crippen molar-refractivity contribution in [3.63, 3.8) is 0 Å². The molecule has 6 amide bonds. The summed E-state index contributed by atoms with van der Waals surface area (Å²) in [6.07, 6.45) is -4.13. The normalized spacial score (nSPS) is 13.7. The van der Waals surface area contributed by atoms with Crippen molar-refractivity contribution in [3.8, 4) is 0 Å². The van der Waals surface area contributed by atoms with Crippen LogP contribution in [0.2, 0.25) is 0 Å². The van der Waals surface area contributed by atoms with E-state index in [1.54, 1.807) is 136 Å². The Morgan fingerprint density at radius 3 is 1.51 bits per heavy atom. The number of hydrogen-bond donors (Lipinski definition) is 13. The minimum absolute atomic E-state index is 0.0207. The zero-order valence-electron chi connectivity index (χ0n) is 29.2. The third kappa shape index (κ3) is 14.5. The Bertz CT molecular complexity index is 1790. The lowest BCUT2D eigenvalue weighted by molar-refractivity contribution is -0.119. The van der Waals surface area contributed by atoms with Crippen LogP contribution in [0, 0.1) is 17.9 Å². The summed E-state index contributed by atoms with van der Waals surface area (Å²) in [4.78, 5) is 80.2. The van der Waals surface area contributed by atoms with Crippen LogP contribution in [0.3, 0.4) is 0 Å². The Morgan fingerprint density at radius 2 is 1.09 bits per heavy atom. The third-order valence-corrected chi connectivity index (χ3v) is 13.7. The lowest BCUT2D eigenvalue weighted by atomic mass is 10.1.